The van der Waals surface area contributed by atoms with E-state index in [-0.39, 0.29) is 11.3 Å². The Balaban J connectivity index is 1.88. The van der Waals surface area contributed by atoms with E-state index in [1.807, 2.05) is 0 Å². The number of piperazine rings is 1. The molecule has 0 saturated carbocycles. The second kappa shape index (κ2) is 8.44. The number of nitrogens with one attached hydrogen (secondary N) is 2. The van der Waals surface area contributed by atoms with Crippen LogP contribution >= 0.6 is 0 Å². The number of nitrogens with zero attached hydrogens (tertiary/aromatic N) is 2. The van der Waals surface area contributed by atoms with Gasteiger partial charge in [-0.05, 0) is 25.1 Å². The van der Waals surface area contributed by atoms with Crippen molar-refractivity contribution in [2.75, 3.05) is 46.4 Å². The number of nitro groups is 1. The molecule has 23 heavy (non-hydrogen) atoms. The molecular weight excluding hydrogens is 300 g/mol. The van der Waals surface area contributed by atoms with Gasteiger partial charge < -0.3 is 20.3 Å². The third-order valence-corrected chi connectivity index (χ3v) is 3.79. The van der Waals surface area contributed by atoms with Crippen molar-refractivity contribution >= 4 is 11.6 Å². The lowest BCUT2D eigenvalue weighted by atomic mass is 10.1. The molecule has 0 spiro atoms. The van der Waals surface area contributed by atoms with Crippen LogP contribution < -0.4 is 15.4 Å². The summed E-state index contributed by atoms with van der Waals surface area (Å²) in [5.41, 5.74) is -0.193. The molecule has 1 saturated heterocycles. The molecule has 0 bridgehead atoms. The van der Waals surface area contributed by atoms with Gasteiger partial charge in [-0.25, -0.2) is 0 Å². The first-order chi connectivity index (χ1) is 11.1. The Kier molecular flexibility index (Phi) is 6.30. The van der Waals surface area contributed by atoms with Crippen LogP contribution in [0.15, 0.2) is 18.2 Å². The van der Waals surface area contributed by atoms with Gasteiger partial charge in [-0.2, -0.15) is 0 Å². The van der Waals surface area contributed by atoms with Gasteiger partial charge in [0.05, 0.1) is 12.0 Å². The lowest BCUT2D eigenvalue weighted by Crippen LogP contribution is -2.44. The maximum Gasteiger partial charge on any atom is 0.282 e. The first-order valence-electron chi connectivity index (χ1n) is 7.65. The molecule has 2 N–H and O–H groups in total. The first-order valence-corrected chi connectivity index (χ1v) is 7.65. The lowest BCUT2D eigenvalue weighted by molar-refractivity contribution is -0.385. The summed E-state index contributed by atoms with van der Waals surface area (Å²) >= 11 is 0. The normalized spacial score (nSPS) is 15.2. The molecule has 0 atom stereocenters. The van der Waals surface area contributed by atoms with Crippen molar-refractivity contribution in [2.45, 2.75) is 6.42 Å². The Morgan fingerprint density at radius 3 is 2.83 bits per heavy atom. The van der Waals surface area contributed by atoms with E-state index in [1.54, 1.807) is 0 Å². The molecule has 8 nitrogen and oxygen atoms in total. The summed E-state index contributed by atoms with van der Waals surface area (Å²) in [4.78, 5) is 25.0. The highest BCUT2D eigenvalue weighted by Gasteiger charge is 2.20. The zero-order valence-electron chi connectivity index (χ0n) is 13.2. The van der Waals surface area contributed by atoms with E-state index in [0.29, 0.717) is 12.3 Å². The fraction of sp³-hybridized carbons (Fsp3) is 0.533. The maximum absolute atomic E-state index is 12.2. The highest BCUT2D eigenvalue weighted by atomic mass is 16.6. The minimum absolute atomic E-state index is 0.0246. The van der Waals surface area contributed by atoms with Crippen molar-refractivity contribution in [3.8, 4) is 5.75 Å². The quantitative estimate of drug-likeness (QED) is 0.434. The molecule has 0 aliphatic carbocycles. The fourth-order valence-corrected chi connectivity index (χ4v) is 2.52. The average molecular weight is 322 g/mol. The van der Waals surface area contributed by atoms with Crippen molar-refractivity contribution < 1.29 is 14.5 Å². The molecule has 2 rings (SSSR count). The summed E-state index contributed by atoms with van der Waals surface area (Å²) < 4.78 is 5.03. The van der Waals surface area contributed by atoms with E-state index < -0.39 is 10.8 Å². The predicted octanol–water partition coefficient (Wildman–Crippen LogP) is 0.629. The van der Waals surface area contributed by atoms with Crippen LogP contribution in [0.3, 0.4) is 0 Å². The number of benzene rings is 1. The zero-order chi connectivity index (χ0) is 16.7. The third-order valence-electron chi connectivity index (χ3n) is 3.79. The maximum atomic E-state index is 12.2. The Bertz CT molecular complexity index is 558. The molecule has 1 aliphatic rings. The number of carbonyl (C=O) groups is 1. The Morgan fingerprint density at radius 2 is 2.17 bits per heavy atom. The van der Waals surface area contributed by atoms with E-state index in [1.165, 1.54) is 25.3 Å². The molecule has 1 aromatic carbocycles. The second-order valence-electron chi connectivity index (χ2n) is 5.34. The third kappa shape index (κ3) is 4.90. The van der Waals surface area contributed by atoms with E-state index in [0.717, 1.165) is 39.1 Å². The number of hydrogen-bond donors (Lipinski definition) is 2. The summed E-state index contributed by atoms with van der Waals surface area (Å²) in [5, 5.41) is 17.1. The number of rotatable bonds is 7. The standard InChI is InChI=1S/C15H22N4O4/c1-23-12-3-4-14(19(21)22)13(11-12)15(20)17-5-2-8-18-9-6-16-7-10-18/h3-4,11,16H,2,5-10H2,1H3,(H,17,20). The molecule has 0 aromatic heterocycles. The topological polar surface area (TPSA) is 96.7 Å². The van der Waals surface area contributed by atoms with Crippen molar-refractivity contribution in [1.82, 2.24) is 15.5 Å². The van der Waals surface area contributed by atoms with Gasteiger partial charge in [0.2, 0.25) is 0 Å². The number of hydrogen-bond acceptors (Lipinski definition) is 6. The predicted molar refractivity (Wildman–Crippen MR) is 85.9 cm³/mol. The van der Waals surface area contributed by atoms with Gasteiger partial charge in [-0.1, -0.05) is 0 Å². The number of nitro benzene ring substituents is 1. The molecule has 0 unspecified atom stereocenters. The van der Waals surface area contributed by atoms with Crippen LogP contribution in [0.1, 0.15) is 16.8 Å². The summed E-state index contributed by atoms with van der Waals surface area (Å²) in [6, 6.07) is 4.15. The van der Waals surface area contributed by atoms with Crippen molar-refractivity contribution in [3.63, 3.8) is 0 Å². The molecule has 1 aliphatic heterocycles. The number of carbonyl (C=O) groups excluding carboxylic acids is 1. The molecular formula is C15H22N4O4. The molecule has 0 radical (unpaired) electrons. The molecule has 1 aromatic rings. The Labute approximate surface area is 134 Å². The summed E-state index contributed by atoms with van der Waals surface area (Å²) in [6.45, 7) is 5.38. The van der Waals surface area contributed by atoms with Gasteiger partial charge in [0.25, 0.3) is 11.6 Å². The first kappa shape index (κ1) is 17.2. The molecule has 1 fully saturated rings. The van der Waals surface area contributed by atoms with Crippen LogP contribution in [0.5, 0.6) is 5.75 Å². The van der Waals surface area contributed by atoms with E-state index in [9.17, 15) is 14.9 Å². The minimum atomic E-state index is -0.560. The van der Waals surface area contributed by atoms with Crippen molar-refractivity contribution in [3.05, 3.63) is 33.9 Å². The summed E-state index contributed by atoms with van der Waals surface area (Å²) in [7, 11) is 1.45. The fourth-order valence-electron chi connectivity index (χ4n) is 2.52. The van der Waals surface area contributed by atoms with Gasteiger partial charge in [-0.15, -0.1) is 0 Å². The van der Waals surface area contributed by atoms with E-state index in [4.69, 9.17) is 4.74 Å². The Morgan fingerprint density at radius 1 is 1.43 bits per heavy atom. The van der Waals surface area contributed by atoms with Crippen LogP contribution in [0.4, 0.5) is 5.69 Å². The molecule has 1 heterocycles. The van der Waals surface area contributed by atoms with Gasteiger partial charge >= 0.3 is 0 Å². The minimum Gasteiger partial charge on any atom is -0.497 e. The molecule has 126 valence electrons. The number of ether oxygens (including phenoxy) is 1. The zero-order valence-corrected chi connectivity index (χ0v) is 13.2. The smallest absolute Gasteiger partial charge is 0.282 e. The summed E-state index contributed by atoms with van der Waals surface area (Å²) in [5.74, 6) is -0.0301. The monoisotopic (exact) mass is 322 g/mol. The number of amides is 1. The van der Waals surface area contributed by atoms with Gasteiger partial charge in [0, 0.05) is 38.8 Å². The largest absolute Gasteiger partial charge is 0.497 e. The summed E-state index contributed by atoms with van der Waals surface area (Å²) in [6.07, 6.45) is 0.809. The van der Waals surface area contributed by atoms with Crippen molar-refractivity contribution in [1.29, 1.82) is 0 Å². The van der Waals surface area contributed by atoms with E-state index in [2.05, 4.69) is 15.5 Å². The number of methoxy groups -OCH3 is 1. The van der Waals surface area contributed by atoms with Crippen LogP contribution in [0.2, 0.25) is 0 Å². The molecule has 1 amide bonds. The van der Waals surface area contributed by atoms with Gasteiger partial charge in [0.15, 0.2) is 0 Å². The van der Waals surface area contributed by atoms with Crippen LogP contribution in [-0.2, 0) is 0 Å². The highest BCUT2D eigenvalue weighted by molar-refractivity contribution is 5.98. The average Bonchev–Trinajstić information content (AvgIpc) is 2.58. The van der Waals surface area contributed by atoms with Gasteiger partial charge in [0.1, 0.15) is 11.3 Å². The van der Waals surface area contributed by atoms with Crippen molar-refractivity contribution in [2.24, 2.45) is 0 Å². The van der Waals surface area contributed by atoms with Crippen LogP contribution in [0.25, 0.3) is 0 Å². The van der Waals surface area contributed by atoms with E-state index >= 15 is 0 Å². The lowest BCUT2D eigenvalue weighted by Gasteiger charge is -2.27. The van der Waals surface area contributed by atoms with Crippen LogP contribution in [0, 0.1) is 10.1 Å². The second-order valence-corrected chi connectivity index (χ2v) is 5.34. The van der Waals surface area contributed by atoms with Crippen LogP contribution in [-0.4, -0.2) is 62.1 Å². The highest BCUT2D eigenvalue weighted by Crippen LogP contribution is 2.23. The Hall–Kier alpha value is -2.19. The molecule has 8 heteroatoms. The van der Waals surface area contributed by atoms with Gasteiger partial charge in [-0.3, -0.25) is 14.9 Å². The SMILES string of the molecule is COc1ccc([N+](=O)[O-])c(C(=O)NCCCN2CCNCC2)c1.